The Morgan fingerprint density at radius 2 is 1.49 bits per heavy atom. The molecule has 0 unspecified atom stereocenters. The number of ether oxygens (including phenoxy) is 6. The van der Waals surface area contributed by atoms with Crippen molar-refractivity contribution < 1.29 is 38.0 Å². The zero-order valence-corrected chi connectivity index (χ0v) is 20.0. The largest absolute Gasteiger partial charge is 0.497 e. The quantitative estimate of drug-likeness (QED) is 0.271. The summed E-state index contributed by atoms with van der Waals surface area (Å²) in [7, 11) is 6.09. The Hall–Kier alpha value is -4.46. The molecule has 0 saturated heterocycles. The smallest absolute Gasteiger partial charge is 0.343 e. The van der Waals surface area contributed by atoms with Gasteiger partial charge in [-0.25, -0.2) is 4.79 Å². The second-order valence-electron chi connectivity index (χ2n) is 7.57. The van der Waals surface area contributed by atoms with E-state index in [1.807, 2.05) is 0 Å². The third-order valence-corrected chi connectivity index (χ3v) is 5.58. The second kappa shape index (κ2) is 9.80. The van der Waals surface area contributed by atoms with Crippen molar-refractivity contribution >= 4 is 17.8 Å². The van der Waals surface area contributed by atoms with Crippen LogP contribution < -0.4 is 28.4 Å². The summed E-state index contributed by atoms with van der Waals surface area (Å²) in [6, 6.07) is 13.1. The van der Waals surface area contributed by atoms with Gasteiger partial charge in [-0.05, 0) is 61.5 Å². The van der Waals surface area contributed by atoms with Crippen molar-refractivity contribution in [3.05, 3.63) is 76.5 Å². The van der Waals surface area contributed by atoms with Gasteiger partial charge < -0.3 is 28.4 Å². The van der Waals surface area contributed by atoms with E-state index in [9.17, 15) is 9.59 Å². The van der Waals surface area contributed by atoms with Crippen LogP contribution in [0.25, 0.3) is 6.08 Å². The molecule has 4 rings (SSSR count). The fourth-order valence-corrected chi connectivity index (χ4v) is 3.69. The Morgan fingerprint density at radius 3 is 2.17 bits per heavy atom. The summed E-state index contributed by atoms with van der Waals surface area (Å²) >= 11 is 0. The van der Waals surface area contributed by atoms with E-state index in [1.165, 1.54) is 20.3 Å². The minimum absolute atomic E-state index is 0.123. The molecule has 3 aromatic rings. The molecule has 0 spiro atoms. The van der Waals surface area contributed by atoms with Gasteiger partial charge in [0, 0.05) is 11.1 Å². The monoisotopic (exact) mass is 476 g/mol. The van der Waals surface area contributed by atoms with E-state index in [0.29, 0.717) is 45.4 Å². The number of rotatable bonds is 7. The van der Waals surface area contributed by atoms with Gasteiger partial charge in [-0.15, -0.1) is 0 Å². The summed E-state index contributed by atoms with van der Waals surface area (Å²) in [5, 5.41) is 0. The summed E-state index contributed by atoms with van der Waals surface area (Å²) in [6.45, 7) is 1.72. The summed E-state index contributed by atoms with van der Waals surface area (Å²) in [6.07, 6.45) is 1.60. The predicted octanol–water partition coefficient (Wildman–Crippen LogP) is 4.86. The van der Waals surface area contributed by atoms with E-state index in [4.69, 9.17) is 28.4 Å². The van der Waals surface area contributed by atoms with Crippen LogP contribution in [0, 0.1) is 6.92 Å². The first-order valence-electron chi connectivity index (χ1n) is 10.6. The van der Waals surface area contributed by atoms with Gasteiger partial charge in [0.05, 0.1) is 39.6 Å². The molecule has 3 aromatic carbocycles. The zero-order valence-electron chi connectivity index (χ0n) is 20.0. The zero-order chi connectivity index (χ0) is 25.1. The van der Waals surface area contributed by atoms with Crippen LogP contribution in [-0.4, -0.2) is 40.2 Å². The van der Waals surface area contributed by atoms with Gasteiger partial charge >= 0.3 is 5.97 Å². The first-order valence-corrected chi connectivity index (χ1v) is 10.6. The maximum atomic E-state index is 13.0. The van der Waals surface area contributed by atoms with Gasteiger partial charge in [0.15, 0.2) is 17.3 Å². The Balaban J connectivity index is 1.62. The minimum atomic E-state index is -0.588. The second-order valence-corrected chi connectivity index (χ2v) is 7.57. The molecule has 1 aliphatic heterocycles. The highest BCUT2D eigenvalue weighted by molar-refractivity contribution is 6.15. The number of hydrogen-bond acceptors (Lipinski definition) is 8. The Labute approximate surface area is 202 Å². The van der Waals surface area contributed by atoms with Crippen molar-refractivity contribution in [2.75, 3.05) is 28.4 Å². The Kier molecular flexibility index (Phi) is 6.64. The molecule has 0 bridgehead atoms. The summed E-state index contributed by atoms with van der Waals surface area (Å²) in [5.74, 6) is 1.94. The Bertz CT molecular complexity index is 1340. The third kappa shape index (κ3) is 4.50. The molecule has 1 aliphatic rings. The van der Waals surface area contributed by atoms with Crippen LogP contribution >= 0.6 is 0 Å². The van der Waals surface area contributed by atoms with E-state index < -0.39 is 5.97 Å². The first kappa shape index (κ1) is 23.7. The predicted molar refractivity (Wildman–Crippen MR) is 128 cm³/mol. The molecular formula is C27H24O8. The molecule has 0 aromatic heterocycles. The van der Waals surface area contributed by atoms with Crippen LogP contribution in [0.15, 0.2) is 54.3 Å². The topological polar surface area (TPSA) is 89.5 Å². The van der Waals surface area contributed by atoms with Crippen molar-refractivity contribution in [2.45, 2.75) is 6.92 Å². The van der Waals surface area contributed by atoms with E-state index in [0.717, 1.165) is 0 Å². The average Bonchev–Trinajstić information content (AvgIpc) is 3.20. The van der Waals surface area contributed by atoms with Crippen LogP contribution in [0.1, 0.15) is 31.8 Å². The van der Waals surface area contributed by atoms with E-state index >= 15 is 0 Å². The Morgan fingerprint density at radius 1 is 0.800 bits per heavy atom. The van der Waals surface area contributed by atoms with Crippen LogP contribution in [0.3, 0.4) is 0 Å². The number of fused-ring (bicyclic) bond motifs is 1. The fraction of sp³-hybridized carbons (Fsp3) is 0.185. The van der Waals surface area contributed by atoms with Crippen LogP contribution in [-0.2, 0) is 0 Å². The molecule has 0 amide bonds. The van der Waals surface area contributed by atoms with Crippen molar-refractivity contribution in [1.82, 2.24) is 0 Å². The van der Waals surface area contributed by atoms with Crippen molar-refractivity contribution in [3.8, 4) is 34.5 Å². The standard InChI is InChI=1S/C27H24O8/c1-15-20(35-27(29)16-6-9-22(32-4)23(13-16)33-5)11-8-19-25(28)24(34-26(15)19)14-17-12-18(30-2)7-10-21(17)31-3/h6-14H,1-5H3/b24-14-. The number of benzene rings is 3. The molecule has 0 radical (unpaired) electrons. The van der Waals surface area contributed by atoms with Gasteiger partial charge in [0.2, 0.25) is 5.78 Å². The third-order valence-electron chi connectivity index (χ3n) is 5.58. The molecule has 0 N–H and O–H groups in total. The first-order chi connectivity index (χ1) is 16.9. The van der Waals surface area contributed by atoms with Gasteiger partial charge in [0.1, 0.15) is 23.0 Å². The lowest BCUT2D eigenvalue weighted by atomic mass is 10.1. The molecule has 1 heterocycles. The van der Waals surface area contributed by atoms with Gasteiger partial charge in [-0.2, -0.15) is 0 Å². The van der Waals surface area contributed by atoms with Gasteiger partial charge in [-0.1, -0.05) is 0 Å². The number of carbonyl (C=O) groups is 2. The summed E-state index contributed by atoms with van der Waals surface area (Å²) in [4.78, 5) is 25.8. The molecular weight excluding hydrogens is 452 g/mol. The molecule has 0 aliphatic carbocycles. The molecule has 35 heavy (non-hydrogen) atoms. The van der Waals surface area contributed by atoms with Crippen LogP contribution in [0.2, 0.25) is 0 Å². The highest BCUT2D eigenvalue weighted by Gasteiger charge is 2.31. The normalized spacial score (nSPS) is 13.2. The van der Waals surface area contributed by atoms with Crippen molar-refractivity contribution in [3.63, 3.8) is 0 Å². The van der Waals surface area contributed by atoms with Crippen molar-refractivity contribution in [2.24, 2.45) is 0 Å². The number of methoxy groups -OCH3 is 4. The van der Waals surface area contributed by atoms with Crippen LogP contribution in [0.4, 0.5) is 0 Å². The minimum Gasteiger partial charge on any atom is -0.497 e. The summed E-state index contributed by atoms with van der Waals surface area (Å²) in [5.41, 5.74) is 1.80. The SMILES string of the molecule is COc1ccc(OC)c(/C=C2\Oc3c(ccc(OC(=O)c4ccc(OC)c(OC)c4)c3C)C2=O)c1. The maximum absolute atomic E-state index is 13.0. The van der Waals surface area contributed by atoms with Gasteiger partial charge in [-0.3, -0.25) is 4.79 Å². The lowest BCUT2D eigenvalue weighted by Crippen LogP contribution is -2.10. The van der Waals surface area contributed by atoms with Crippen LogP contribution in [0.5, 0.6) is 34.5 Å². The van der Waals surface area contributed by atoms with E-state index in [1.54, 1.807) is 69.7 Å². The van der Waals surface area contributed by atoms with Gasteiger partial charge in [0.25, 0.3) is 0 Å². The number of allylic oxidation sites excluding steroid dienone is 1. The lowest BCUT2D eigenvalue weighted by Gasteiger charge is -2.12. The highest BCUT2D eigenvalue weighted by atomic mass is 16.5. The highest BCUT2D eigenvalue weighted by Crippen LogP contribution is 2.40. The number of Topliss-reactive ketones (excluding diaryl/α,β-unsaturated/α-hetero) is 1. The number of hydrogen-bond donors (Lipinski definition) is 0. The van der Waals surface area contributed by atoms with E-state index in [2.05, 4.69) is 0 Å². The molecule has 180 valence electrons. The molecule has 0 saturated carbocycles. The molecule has 0 fully saturated rings. The number of carbonyl (C=O) groups excluding carboxylic acids is 2. The van der Waals surface area contributed by atoms with Crippen molar-refractivity contribution in [1.29, 1.82) is 0 Å². The lowest BCUT2D eigenvalue weighted by molar-refractivity contribution is 0.0732. The molecule has 8 heteroatoms. The average molecular weight is 476 g/mol. The maximum Gasteiger partial charge on any atom is 0.343 e. The molecule has 8 nitrogen and oxygen atoms in total. The van der Waals surface area contributed by atoms with E-state index in [-0.39, 0.29) is 22.9 Å². The number of esters is 1. The number of ketones is 1. The molecule has 0 atom stereocenters. The fourth-order valence-electron chi connectivity index (χ4n) is 3.69. The summed E-state index contributed by atoms with van der Waals surface area (Å²) < 4.78 is 32.6.